The van der Waals surface area contributed by atoms with Gasteiger partial charge in [-0.15, -0.1) is 0 Å². The van der Waals surface area contributed by atoms with Crippen molar-refractivity contribution in [1.29, 1.82) is 0 Å². The molecule has 22 heavy (non-hydrogen) atoms. The minimum absolute atomic E-state index is 0.233. The van der Waals surface area contributed by atoms with E-state index in [1.165, 1.54) is 0 Å². The maximum atomic E-state index is 11.0. The van der Waals surface area contributed by atoms with Crippen LogP contribution in [-0.2, 0) is 23.7 Å². The fourth-order valence-electron chi connectivity index (χ4n) is 1.54. The van der Waals surface area contributed by atoms with Crippen molar-refractivity contribution in [3.05, 3.63) is 0 Å². The lowest BCUT2D eigenvalue weighted by molar-refractivity contribution is -0.120. The summed E-state index contributed by atoms with van der Waals surface area (Å²) in [6.45, 7) is 11.5. The molecular formula is C16H33NO5. The van der Waals surface area contributed by atoms with Crippen LogP contribution in [0.5, 0.6) is 0 Å². The smallest absolute Gasteiger partial charge is 0.134 e. The van der Waals surface area contributed by atoms with E-state index in [0.717, 1.165) is 6.54 Å². The number of hydrogen-bond donors (Lipinski definition) is 1. The van der Waals surface area contributed by atoms with Gasteiger partial charge < -0.3 is 24.3 Å². The van der Waals surface area contributed by atoms with Crippen LogP contribution in [0.3, 0.4) is 0 Å². The van der Waals surface area contributed by atoms with Gasteiger partial charge in [-0.05, 0) is 0 Å². The Hall–Kier alpha value is -0.530. The molecule has 1 N–H and O–H groups in total. The summed E-state index contributed by atoms with van der Waals surface area (Å²) < 4.78 is 21.4. The lowest BCUT2D eigenvalue weighted by Gasteiger charge is -2.09. The zero-order valence-electron chi connectivity index (χ0n) is 14.4. The Balaban J connectivity index is 3.01. The molecule has 0 atom stereocenters. The standard InChI is InChI=1S/C16H33NO5/c1-4-16(18)5-7-19-9-11-21-13-14-22-12-10-20-8-6-17-15(2)3/h15,17H,4-14H2,1-3H3. The van der Waals surface area contributed by atoms with Gasteiger partial charge in [-0.2, -0.15) is 0 Å². The van der Waals surface area contributed by atoms with Gasteiger partial charge in [0.1, 0.15) is 5.78 Å². The second-order valence-electron chi connectivity index (χ2n) is 5.20. The molecule has 6 nitrogen and oxygen atoms in total. The van der Waals surface area contributed by atoms with Crippen molar-refractivity contribution in [2.24, 2.45) is 0 Å². The van der Waals surface area contributed by atoms with Gasteiger partial charge in [0.15, 0.2) is 0 Å². The van der Waals surface area contributed by atoms with E-state index in [-0.39, 0.29) is 5.78 Å². The molecule has 132 valence electrons. The van der Waals surface area contributed by atoms with Crippen LogP contribution in [0.15, 0.2) is 0 Å². The highest BCUT2D eigenvalue weighted by Crippen LogP contribution is 1.90. The van der Waals surface area contributed by atoms with E-state index in [9.17, 15) is 4.79 Å². The predicted octanol–water partition coefficient (Wildman–Crippen LogP) is 1.42. The summed E-state index contributed by atoms with van der Waals surface area (Å²) in [5.41, 5.74) is 0. The Labute approximate surface area is 134 Å². The maximum absolute atomic E-state index is 11.0. The van der Waals surface area contributed by atoms with E-state index in [4.69, 9.17) is 18.9 Å². The van der Waals surface area contributed by atoms with E-state index in [2.05, 4.69) is 19.2 Å². The number of carbonyl (C=O) groups excluding carboxylic acids is 1. The van der Waals surface area contributed by atoms with Crippen molar-refractivity contribution in [1.82, 2.24) is 5.32 Å². The Morgan fingerprint density at radius 1 is 0.818 bits per heavy atom. The number of Topliss-reactive ketones (excluding diaryl/α,β-unsaturated/α-hetero) is 1. The highest BCUT2D eigenvalue weighted by Gasteiger charge is 1.97. The first-order valence-corrected chi connectivity index (χ1v) is 8.22. The van der Waals surface area contributed by atoms with Crippen LogP contribution in [0.25, 0.3) is 0 Å². The Kier molecular flexibility index (Phi) is 16.4. The van der Waals surface area contributed by atoms with Crippen LogP contribution in [0.2, 0.25) is 0 Å². The number of ether oxygens (including phenoxy) is 4. The Bertz CT molecular complexity index is 249. The number of carbonyl (C=O) groups is 1. The molecule has 0 aliphatic rings. The summed E-state index contributed by atoms with van der Waals surface area (Å²) in [5.74, 6) is 0.233. The predicted molar refractivity (Wildman–Crippen MR) is 86.3 cm³/mol. The fraction of sp³-hybridized carbons (Fsp3) is 0.938. The first-order valence-electron chi connectivity index (χ1n) is 8.22. The van der Waals surface area contributed by atoms with Gasteiger partial charge in [0.05, 0.1) is 52.9 Å². The molecule has 0 rings (SSSR count). The van der Waals surface area contributed by atoms with Crippen LogP contribution in [0, 0.1) is 0 Å². The molecule has 0 fully saturated rings. The number of nitrogens with one attached hydrogen (secondary N) is 1. The molecule has 6 heteroatoms. The molecule has 0 aliphatic carbocycles. The molecule has 0 saturated heterocycles. The summed E-state index contributed by atoms with van der Waals surface area (Å²) in [6.07, 6.45) is 1.07. The average molecular weight is 319 g/mol. The first kappa shape index (κ1) is 21.5. The van der Waals surface area contributed by atoms with Gasteiger partial charge in [0, 0.05) is 25.4 Å². The summed E-state index contributed by atoms with van der Waals surface area (Å²) in [7, 11) is 0. The number of ketones is 1. The normalized spacial score (nSPS) is 11.3. The first-order chi connectivity index (χ1) is 10.7. The molecule has 0 bridgehead atoms. The lowest BCUT2D eigenvalue weighted by atomic mass is 10.2. The third-order valence-electron chi connectivity index (χ3n) is 2.83. The molecule has 0 aromatic carbocycles. The van der Waals surface area contributed by atoms with E-state index in [1.54, 1.807) is 0 Å². The van der Waals surface area contributed by atoms with E-state index < -0.39 is 0 Å². The third-order valence-corrected chi connectivity index (χ3v) is 2.83. The average Bonchev–Trinajstić information content (AvgIpc) is 2.50. The maximum Gasteiger partial charge on any atom is 0.134 e. The number of hydrogen-bond acceptors (Lipinski definition) is 6. The summed E-state index contributed by atoms with van der Waals surface area (Å²) in [5, 5.41) is 3.28. The van der Waals surface area contributed by atoms with E-state index in [0.29, 0.717) is 71.7 Å². The van der Waals surface area contributed by atoms with Crippen LogP contribution < -0.4 is 5.32 Å². The van der Waals surface area contributed by atoms with E-state index in [1.807, 2.05) is 6.92 Å². The van der Waals surface area contributed by atoms with Crippen molar-refractivity contribution < 1.29 is 23.7 Å². The number of rotatable bonds is 17. The molecule has 0 radical (unpaired) electrons. The highest BCUT2D eigenvalue weighted by atomic mass is 16.6. The van der Waals surface area contributed by atoms with Gasteiger partial charge >= 0.3 is 0 Å². The minimum Gasteiger partial charge on any atom is -0.379 e. The van der Waals surface area contributed by atoms with Crippen molar-refractivity contribution in [2.45, 2.75) is 39.7 Å². The molecule has 0 aromatic heterocycles. The van der Waals surface area contributed by atoms with Crippen LogP contribution in [-0.4, -0.2) is 71.2 Å². The van der Waals surface area contributed by atoms with Crippen LogP contribution in [0.4, 0.5) is 0 Å². The van der Waals surface area contributed by atoms with Gasteiger partial charge in [0.2, 0.25) is 0 Å². The molecule has 0 amide bonds. The summed E-state index contributed by atoms with van der Waals surface area (Å²) >= 11 is 0. The zero-order valence-corrected chi connectivity index (χ0v) is 14.4. The van der Waals surface area contributed by atoms with Crippen molar-refractivity contribution >= 4 is 5.78 Å². The zero-order chi connectivity index (χ0) is 16.5. The Morgan fingerprint density at radius 3 is 1.73 bits per heavy atom. The monoisotopic (exact) mass is 319 g/mol. The summed E-state index contributed by atoms with van der Waals surface area (Å²) in [6, 6.07) is 0.494. The molecule has 0 unspecified atom stereocenters. The minimum atomic E-state index is 0.233. The topological polar surface area (TPSA) is 66.0 Å². The molecule has 0 saturated carbocycles. The molecule has 0 heterocycles. The second-order valence-corrected chi connectivity index (χ2v) is 5.20. The van der Waals surface area contributed by atoms with Gasteiger partial charge in [-0.25, -0.2) is 0 Å². The molecule has 0 aliphatic heterocycles. The molecule has 0 aromatic rings. The van der Waals surface area contributed by atoms with Gasteiger partial charge in [-0.3, -0.25) is 4.79 Å². The summed E-state index contributed by atoms with van der Waals surface area (Å²) in [4.78, 5) is 11.0. The van der Waals surface area contributed by atoms with Crippen molar-refractivity contribution in [3.63, 3.8) is 0 Å². The largest absolute Gasteiger partial charge is 0.379 e. The quantitative estimate of drug-likeness (QED) is 0.409. The fourth-order valence-corrected chi connectivity index (χ4v) is 1.54. The molecule has 0 spiro atoms. The SMILES string of the molecule is CCC(=O)CCOCCOCCOCCOCCNC(C)C. The van der Waals surface area contributed by atoms with E-state index >= 15 is 0 Å². The Morgan fingerprint density at radius 2 is 1.27 bits per heavy atom. The molecular weight excluding hydrogens is 286 g/mol. The van der Waals surface area contributed by atoms with Crippen molar-refractivity contribution in [3.8, 4) is 0 Å². The second kappa shape index (κ2) is 16.8. The van der Waals surface area contributed by atoms with Gasteiger partial charge in [-0.1, -0.05) is 20.8 Å². The van der Waals surface area contributed by atoms with Gasteiger partial charge in [0.25, 0.3) is 0 Å². The van der Waals surface area contributed by atoms with Crippen LogP contribution >= 0.6 is 0 Å². The highest BCUT2D eigenvalue weighted by molar-refractivity contribution is 5.78. The van der Waals surface area contributed by atoms with Crippen LogP contribution in [0.1, 0.15) is 33.6 Å². The third kappa shape index (κ3) is 17.5. The lowest BCUT2D eigenvalue weighted by Crippen LogP contribution is -2.27. The van der Waals surface area contributed by atoms with Crippen molar-refractivity contribution in [2.75, 3.05) is 59.4 Å².